The van der Waals surface area contributed by atoms with Crippen molar-refractivity contribution in [3.05, 3.63) is 41.5 Å². The molecule has 0 N–H and O–H groups in total. The number of hydrogen-bond donors (Lipinski definition) is 0. The summed E-state index contributed by atoms with van der Waals surface area (Å²) in [5, 5.41) is 0.781. The molecule has 2 aromatic rings. The molecule has 1 aliphatic heterocycles. The first kappa shape index (κ1) is 21.5. The highest BCUT2D eigenvalue weighted by Crippen LogP contribution is 2.55. The van der Waals surface area contributed by atoms with E-state index in [2.05, 4.69) is 31.2 Å². The van der Waals surface area contributed by atoms with Gasteiger partial charge in [0, 0.05) is 10.5 Å². The number of benzene rings is 2. The van der Waals surface area contributed by atoms with E-state index in [1.54, 1.807) is 28.4 Å². The zero-order chi connectivity index (χ0) is 20.8. The second kappa shape index (κ2) is 10.0. The highest BCUT2D eigenvalue weighted by atomic mass is 32.2. The van der Waals surface area contributed by atoms with Crippen molar-refractivity contribution in [1.82, 2.24) is 0 Å². The van der Waals surface area contributed by atoms with Crippen molar-refractivity contribution in [1.29, 1.82) is 0 Å². The van der Waals surface area contributed by atoms with Crippen molar-refractivity contribution in [2.24, 2.45) is 0 Å². The molecule has 6 heteroatoms. The Morgan fingerprint density at radius 2 is 1.34 bits per heavy atom. The fraction of sp³-hybridized carbons (Fsp3) is 0.478. The normalized spacial score (nSPS) is 18.4. The van der Waals surface area contributed by atoms with Crippen LogP contribution in [0.1, 0.15) is 47.8 Å². The van der Waals surface area contributed by atoms with Gasteiger partial charge in [0.05, 0.1) is 35.0 Å². The summed E-state index contributed by atoms with van der Waals surface area (Å²) in [4.78, 5) is 0. The Bertz CT molecular complexity index is 798. The van der Waals surface area contributed by atoms with Gasteiger partial charge in [-0.25, -0.2) is 0 Å². The van der Waals surface area contributed by atoms with Gasteiger partial charge in [-0.3, -0.25) is 0 Å². The van der Waals surface area contributed by atoms with E-state index >= 15 is 0 Å². The van der Waals surface area contributed by atoms with Crippen molar-refractivity contribution >= 4 is 11.8 Å². The van der Waals surface area contributed by atoms with Crippen molar-refractivity contribution < 1.29 is 23.7 Å². The first-order valence-electron chi connectivity index (χ1n) is 9.91. The molecule has 158 valence electrons. The predicted octanol–water partition coefficient (Wildman–Crippen LogP) is 5.82. The molecule has 3 rings (SSSR count). The molecule has 0 aliphatic carbocycles. The molecule has 0 aromatic heterocycles. The monoisotopic (exact) mass is 418 g/mol. The lowest BCUT2D eigenvalue weighted by Gasteiger charge is -2.18. The van der Waals surface area contributed by atoms with Gasteiger partial charge in [-0.05, 0) is 54.7 Å². The number of ether oxygens (including phenoxy) is 5. The zero-order valence-corrected chi connectivity index (χ0v) is 18.6. The molecule has 0 amide bonds. The second-order valence-electron chi connectivity index (χ2n) is 6.91. The molecule has 2 atom stereocenters. The van der Waals surface area contributed by atoms with Gasteiger partial charge in [0.25, 0.3) is 0 Å². The third-order valence-corrected chi connectivity index (χ3v) is 6.77. The minimum absolute atomic E-state index is 0.371. The second-order valence-corrected chi connectivity index (χ2v) is 8.32. The Morgan fingerprint density at radius 3 is 1.90 bits per heavy atom. The molecule has 2 aromatic carbocycles. The molecule has 0 saturated carbocycles. The standard InChI is InChI=1S/C23H30O5S/c1-6-11-28-17-8-7-15(12-18(17)24-2)21-9-10-22(29-21)16-13-19(25-3)23(27-5)20(14-16)26-4/h7-8,12-14,21-22H,6,9-11H2,1-5H3. The molecule has 2 unspecified atom stereocenters. The number of methoxy groups -OCH3 is 4. The van der Waals surface area contributed by atoms with Gasteiger partial charge < -0.3 is 23.7 Å². The third-order valence-electron chi connectivity index (χ3n) is 5.10. The van der Waals surface area contributed by atoms with Crippen LogP contribution in [0, 0.1) is 0 Å². The Morgan fingerprint density at radius 1 is 0.759 bits per heavy atom. The molecule has 1 fully saturated rings. The molecule has 1 saturated heterocycles. The molecular formula is C23H30O5S. The van der Waals surface area contributed by atoms with Crippen molar-refractivity contribution in [2.75, 3.05) is 35.0 Å². The molecule has 0 radical (unpaired) electrons. The van der Waals surface area contributed by atoms with Crippen LogP contribution in [0.5, 0.6) is 28.7 Å². The minimum atomic E-state index is 0.371. The largest absolute Gasteiger partial charge is 0.493 e. The smallest absolute Gasteiger partial charge is 0.203 e. The highest BCUT2D eigenvalue weighted by molar-refractivity contribution is 8.00. The molecular weight excluding hydrogens is 388 g/mol. The summed E-state index contributed by atoms with van der Waals surface area (Å²) < 4.78 is 27.8. The summed E-state index contributed by atoms with van der Waals surface area (Å²) in [5.74, 6) is 3.63. The lowest BCUT2D eigenvalue weighted by molar-refractivity contribution is 0.294. The Balaban J connectivity index is 1.80. The maximum Gasteiger partial charge on any atom is 0.203 e. The fourth-order valence-electron chi connectivity index (χ4n) is 3.63. The van der Waals surface area contributed by atoms with Crippen LogP contribution in [-0.2, 0) is 0 Å². The van der Waals surface area contributed by atoms with Gasteiger partial charge in [0.1, 0.15) is 0 Å². The van der Waals surface area contributed by atoms with E-state index in [1.807, 2.05) is 17.8 Å². The van der Waals surface area contributed by atoms with E-state index in [-0.39, 0.29) is 0 Å². The molecule has 0 bridgehead atoms. The summed E-state index contributed by atoms with van der Waals surface area (Å²) in [6, 6.07) is 10.4. The van der Waals surface area contributed by atoms with E-state index in [1.165, 1.54) is 11.1 Å². The third kappa shape index (κ3) is 4.69. The average molecular weight is 419 g/mol. The minimum Gasteiger partial charge on any atom is -0.493 e. The lowest BCUT2D eigenvalue weighted by Crippen LogP contribution is -1.99. The highest BCUT2D eigenvalue weighted by Gasteiger charge is 2.30. The van der Waals surface area contributed by atoms with Gasteiger partial charge in [0.15, 0.2) is 23.0 Å². The van der Waals surface area contributed by atoms with Crippen LogP contribution in [0.4, 0.5) is 0 Å². The van der Waals surface area contributed by atoms with Gasteiger partial charge in [0.2, 0.25) is 5.75 Å². The van der Waals surface area contributed by atoms with Gasteiger partial charge in [-0.2, -0.15) is 0 Å². The van der Waals surface area contributed by atoms with E-state index in [0.29, 0.717) is 34.4 Å². The molecule has 0 spiro atoms. The summed E-state index contributed by atoms with van der Waals surface area (Å²) in [7, 11) is 6.63. The lowest BCUT2D eigenvalue weighted by atomic mass is 10.0. The maximum absolute atomic E-state index is 5.79. The van der Waals surface area contributed by atoms with Crippen LogP contribution in [0.15, 0.2) is 30.3 Å². The van der Waals surface area contributed by atoms with Gasteiger partial charge in [-0.1, -0.05) is 13.0 Å². The molecule has 1 aliphatic rings. The summed E-state index contributed by atoms with van der Waals surface area (Å²) in [5.41, 5.74) is 2.47. The topological polar surface area (TPSA) is 46.2 Å². The van der Waals surface area contributed by atoms with E-state index in [9.17, 15) is 0 Å². The van der Waals surface area contributed by atoms with E-state index in [4.69, 9.17) is 23.7 Å². The maximum atomic E-state index is 5.79. The first-order valence-corrected chi connectivity index (χ1v) is 10.9. The van der Waals surface area contributed by atoms with Crippen LogP contribution >= 0.6 is 11.8 Å². The van der Waals surface area contributed by atoms with Crippen molar-refractivity contribution in [3.63, 3.8) is 0 Å². The molecule has 29 heavy (non-hydrogen) atoms. The molecule has 1 heterocycles. The fourth-order valence-corrected chi connectivity index (χ4v) is 5.17. The number of thioether (sulfide) groups is 1. The van der Waals surface area contributed by atoms with Crippen LogP contribution in [0.25, 0.3) is 0 Å². The van der Waals surface area contributed by atoms with Crippen LogP contribution in [0.2, 0.25) is 0 Å². The SMILES string of the molecule is CCCOc1ccc(C2CCC(c3cc(OC)c(OC)c(OC)c3)S2)cc1OC. The van der Waals surface area contributed by atoms with Gasteiger partial charge >= 0.3 is 0 Å². The summed E-state index contributed by atoms with van der Waals surface area (Å²) in [6.45, 7) is 2.79. The van der Waals surface area contributed by atoms with E-state index < -0.39 is 0 Å². The Kier molecular flexibility index (Phi) is 7.42. The Labute approximate surface area is 177 Å². The van der Waals surface area contributed by atoms with E-state index in [0.717, 1.165) is 30.8 Å². The van der Waals surface area contributed by atoms with Crippen molar-refractivity contribution in [3.8, 4) is 28.7 Å². The average Bonchev–Trinajstić information content (AvgIpc) is 3.26. The van der Waals surface area contributed by atoms with Crippen molar-refractivity contribution in [2.45, 2.75) is 36.7 Å². The predicted molar refractivity (Wildman–Crippen MR) is 117 cm³/mol. The number of rotatable bonds is 9. The first-order chi connectivity index (χ1) is 14.1. The molecule has 5 nitrogen and oxygen atoms in total. The zero-order valence-electron chi connectivity index (χ0n) is 17.8. The summed E-state index contributed by atoms with van der Waals surface area (Å²) in [6.07, 6.45) is 3.16. The van der Waals surface area contributed by atoms with Crippen LogP contribution in [-0.4, -0.2) is 35.0 Å². The number of hydrogen-bond acceptors (Lipinski definition) is 6. The van der Waals surface area contributed by atoms with Gasteiger partial charge in [-0.15, -0.1) is 11.8 Å². The van der Waals surface area contributed by atoms with Crippen LogP contribution in [0.3, 0.4) is 0 Å². The quantitative estimate of drug-likeness (QED) is 0.511. The Hall–Kier alpha value is -2.21. The van der Waals surface area contributed by atoms with Crippen LogP contribution < -0.4 is 23.7 Å². The summed E-state index contributed by atoms with van der Waals surface area (Å²) >= 11 is 1.96.